The first-order chi connectivity index (χ1) is 11.8. The quantitative estimate of drug-likeness (QED) is 0.724. The lowest BCUT2D eigenvalue weighted by molar-refractivity contribution is -0.116. The first kappa shape index (κ1) is 14.3. The van der Waals surface area contributed by atoms with Crippen LogP contribution in [0.25, 0.3) is 17.1 Å². The van der Waals surface area contributed by atoms with Gasteiger partial charge in [0.2, 0.25) is 12.7 Å². The number of aromatic amines is 1. The summed E-state index contributed by atoms with van der Waals surface area (Å²) in [5.41, 5.74) is 2.72. The Morgan fingerprint density at radius 2 is 2.08 bits per heavy atom. The Kier molecular flexibility index (Phi) is 3.63. The Hall–Kier alpha value is -3.28. The maximum Gasteiger partial charge on any atom is 0.244 e. The molecule has 120 valence electrons. The van der Waals surface area contributed by atoms with Gasteiger partial charge in [-0.1, -0.05) is 18.2 Å². The number of hydrogen-bond donors (Lipinski definition) is 2. The van der Waals surface area contributed by atoms with Gasteiger partial charge in [0.05, 0.1) is 17.6 Å². The summed E-state index contributed by atoms with van der Waals surface area (Å²) in [7, 11) is 0. The van der Waals surface area contributed by atoms with E-state index in [-0.39, 0.29) is 12.7 Å². The van der Waals surface area contributed by atoms with Crippen molar-refractivity contribution in [3.63, 3.8) is 0 Å². The number of carbonyl (C=O) groups excluding carboxylic acids is 1. The number of ether oxygens (including phenoxy) is 2. The zero-order valence-corrected chi connectivity index (χ0v) is 12.8. The molecule has 0 unspecified atom stereocenters. The molecule has 3 aromatic rings. The highest BCUT2D eigenvalue weighted by molar-refractivity contribution is 5.91. The fourth-order valence-corrected chi connectivity index (χ4v) is 2.51. The van der Waals surface area contributed by atoms with Crippen molar-refractivity contribution in [1.29, 1.82) is 0 Å². The van der Waals surface area contributed by atoms with Gasteiger partial charge in [0.15, 0.2) is 11.5 Å². The van der Waals surface area contributed by atoms with Gasteiger partial charge in [0, 0.05) is 6.08 Å². The first-order valence-corrected chi connectivity index (χ1v) is 7.57. The molecule has 6 heteroatoms. The molecule has 4 rings (SSSR count). The number of fused-ring (bicyclic) bond motifs is 2. The van der Waals surface area contributed by atoms with E-state index in [1.165, 1.54) is 6.08 Å². The van der Waals surface area contributed by atoms with Gasteiger partial charge in [0.25, 0.3) is 0 Å². The van der Waals surface area contributed by atoms with Gasteiger partial charge in [-0.05, 0) is 35.9 Å². The van der Waals surface area contributed by atoms with E-state index < -0.39 is 0 Å². The average molecular weight is 321 g/mol. The number of rotatable bonds is 4. The Morgan fingerprint density at radius 1 is 1.21 bits per heavy atom. The highest BCUT2D eigenvalue weighted by Gasteiger charge is 2.12. The molecule has 0 fully saturated rings. The van der Waals surface area contributed by atoms with Crippen LogP contribution in [-0.4, -0.2) is 22.7 Å². The van der Waals surface area contributed by atoms with Crippen LogP contribution in [0.15, 0.2) is 48.5 Å². The molecule has 0 bridgehead atoms. The summed E-state index contributed by atoms with van der Waals surface area (Å²) in [4.78, 5) is 19.5. The predicted octanol–water partition coefficient (Wildman–Crippen LogP) is 2.62. The van der Waals surface area contributed by atoms with E-state index in [0.29, 0.717) is 12.3 Å². The van der Waals surface area contributed by atoms with E-state index in [4.69, 9.17) is 9.47 Å². The highest BCUT2D eigenvalue weighted by Crippen LogP contribution is 2.32. The number of aromatic nitrogens is 2. The topological polar surface area (TPSA) is 76.2 Å². The molecule has 1 aliphatic heterocycles. The molecule has 1 aliphatic rings. The van der Waals surface area contributed by atoms with E-state index in [0.717, 1.165) is 28.2 Å². The van der Waals surface area contributed by atoms with Crippen molar-refractivity contribution in [2.75, 3.05) is 6.79 Å². The maximum absolute atomic E-state index is 11.9. The van der Waals surface area contributed by atoms with E-state index in [9.17, 15) is 4.79 Å². The molecule has 24 heavy (non-hydrogen) atoms. The lowest BCUT2D eigenvalue weighted by Crippen LogP contribution is -2.20. The summed E-state index contributed by atoms with van der Waals surface area (Å²) in [6.45, 7) is 0.583. The molecule has 0 spiro atoms. The van der Waals surface area contributed by atoms with Crippen molar-refractivity contribution in [3.05, 3.63) is 59.9 Å². The monoisotopic (exact) mass is 321 g/mol. The standard InChI is InChI=1S/C18H15N3O3/c22-18(8-6-12-5-7-15-16(9-12)24-11-23-15)19-10-17-20-13-3-1-2-4-14(13)21-17/h1-9H,10-11H2,(H,19,22)(H,20,21)/b8-6+. The van der Waals surface area contributed by atoms with Crippen LogP contribution in [0.2, 0.25) is 0 Å². The number of hydrogen-bond acceptors (Lipinski definition) is 4. The van der Waals surface area contributed by atoms with Crippen LogP contribution in [0.3, 0.4) is 0 Å². The molecular formula is C18H15N3O3. The summed E-state index contributed by atoms with van der Waals surface area (Å²) in [6.07, 6.45) is 3.22. The molecule has 2 heterocycles. The predicted molar refractivity (Wildman–Crippen MR) is 89.5 cm³/mol. The largest absolute Gasteiger partial charge is 0.454 e. The number of amides is 1. The number of carbonyl (C=O) groups is 1. The Morgan fingerprint density at radius 3 is 3.00 bits per heavy atom. The molecular weight excluding hydrogens is 306 g/mol. The Labute approximate surface area is 138 Å². The van der Waals surface area contributed by atoms with Crippen LogP contribution < -0.4 is 14.8 Å². The van der Waals surface area contributed by atoms with Crippen LogP contribution in [0, 0.1) is 0 Å². The molecule has 6 nitrogen and oxygen atoms in total. The van der Waals surface area contributed by atoms with Crippen LogP contribution in [0.5, 0.6) is 11.5 Å². The second kappa shape index (κ2) is 6.08. The first-order valence-electron chi connectivity index (χ1n) is 7.57. The smallest absolute Gasteiger partial charge is 0.244 e. The summed E-state index contributed by atoms with van der Waals surface area (Å²) in [5, 5.41) is 2.81. The minimum Gasteiger partial charge on any atom is -0.454 e. The lowest BCUT2D eigenvalue weighted by Gasteiger charge is -1.99. The van der Waals surface area contributed by atoms with Crippen molar-refractivity contribution in [2.24, 2.45) is 0 Å². The molecule has 1 aromatic heterocycles. The third-order valence-electron chi connectivity index (χ3n) is 3.69. The second-order valence-electron chi connectivity index (χ2n) is 5.36. The Balaban J connectivity index is 1.37. The van der Waals surface area contributed by atoms with Crippen LogP contribution in [-0.2, 0) is 11.3 Å². The third-order valence-corrected chi connectivity index (χ3v) is 3.69. The summed E-state index contributed by atoms with van der Waals surface area (Å²) in [6, 6.07) is 13.3. The number of benzene rings is 2. The maximum atomic E-state index is 11.9. The number of H-pyrrole nitrogens is 1. The molecule has 1 amide bonds. The summed E-state index contributed by atoms with van der Waals surface area (Å²) >= 11 is 0. The van der Waals surface area contributed by atoms with Crippen LogP contribution in [0.1, 0.15) is 11.4 Å². The molecule has 0 saturated heterocycles. The minimum absolute atomic E-state index is 0.187. The third kappa shape index (κ3) is 2.94. The minimum atomic E-state index is -0.187. The molecule has 0 radical (unpaired) electrons. The average Bonchev–Trinajstić information content (AvgIpc) is 3.23. The van der Waals surface area contributed by atoms with Crippen molar-refractivity contribution >= 4 is 23.0 Å². The van der Waals surface area contributed by atoms with Gasteiger partial charge in [-0.15, -0.1) is 0 Å². The molecule has 0 aliphatic carbocycles. The van der Waals surface area contributed by atoms with E-state index in [1.54, 1.807) is 6.08 Å². The molecule has 2 aromatic carbocycles. The van der Waals surface area contributed by atoms with Gasteiger partial charge in [-0.25, -0.2) is 4.98 Å². The van der Waals surface area contributed by atoms with Crippen molar-refractivity contribution < 1.29 is 14.3 Å². The number of para-hydroxylation sites is 2. The van der Waals surface area contributed by atoms with Gasteiger partial charge >= 0.3 is 0 Å². The zero-order valence-electron chi connectivity index (χ0n) is 12.8. The van der Waals surface area contributed by atoms with Gasteiger partial charge in [-0.2, -0.15) is 0 Å². The van der Waals surface area contributed by atoms with Gasteiger partial charge in [0.1, 0.15) is 5.82 Å². The van der Waals surface area contributed by atoms with E-state index >= 15 is 0 Å². The van der Waals surface area contributed by atoms with Gasteiger partial charge in [-0.3, -0.25) is 4.79 Å². The van der Waals surface area contributed by atoms with Gasteiger partial charge < -0.3 is 19.8 Å². The Bertz CT molecular complexity index is 897. The second-order valence-corrected chi connectivity index (χ2v) is 5.36. The fraction of sp³-hybridized carbons (Fsp3) is 0.111. The fourth-order valence-electron chi connectivity index (χ4n) is 2.51. The van der Waals surface area contributed by atoms with E-state index in [1.807, 2.05) is 42.5 Å². The molecule has 0 atom stereocenters. The number of nitrogens with one attached hydrogen (secondary N) is 2. The normalized spacial score (nSPS) is 12.8. The van der Waals surface area contributed by atoms with Crippen LogP contribution in [0.4, 0.5) is 0 Å². The van der Waals surface area contributed by atoms with Crippen molar-refractivity contribution in [2.45, 2.75) is 6.54 Å². The summed E-state index contributed by atoms with van der Waals surface area (Å²) in [5.74, 6) is 1.95. The lowest BCUT2D eigenvalue weighted by atomic mass is 10.2. The van der Waals surface area contributed by atoms with Crippen molar-refractivity contribution in [1.82, 2.24) is 15.3 Å². The highest BCUT2D eigenvalue weighted by atomic mass is 16.7. The van der Waals surface area contributed by atoms with Crippen molar-refractivity contribution in [3.8, 4) is 11.5 Å². The van der Waals surface area contributed by atoms with Crippen LogP contribution >= 0.6 is 0 Å². The SMILES string of the molecule is O=C(/C=C/c1ccc2c(c1)OCO2)NCc1nc2ccccc2[nH]1. The molecule has 0 saturated carbocycles. The van der Waals surface area contributed by atoms with E-state index in [2.05, 4.69) is 15.3 Å². The zero-order chi connectivity index (χ0) is 16.4. The summed E-state index contributed by atoms with van der Waals surface area (Å²) < 4.78 is 10.6. The number of nitrogens with zero attached hydrogens (tertiary/aromatic N) is 1. The number of imidazole rings is 1. The molecule has 2 N–H and O–H groups in total.